The zero-order valence-corrected chi connectivity index (χ0v) is 21.4. The Morgan fingerprint density at radius 3 is 1.91 bits per heavy atom. The summed E-state index contributed by atoms with van der Waals surface area (Å²) >= 11 is 1.29. The van der Waals surface area contributed by atoms with Crippen LogP contribution in [0.4, 0.5) is 5.69 Å². The fourth-order valence-corrected chi connectivity index (χ4v) is 4.88. The van der Waals surface area contributed by atoms with Crippen molar-refractivity contribution in [3.05, 3.63) is 96.6 Å². The van der Waals surface area contributed by atoms with Gasteiger partial charge in [-0.2, -0.15) is 0 Å². The number of carbonyl (C=O) groups is 1. The molecule has 32 heavy (non-hydrogen) atoms. The molecule has 1 atom stereocenters. The molecule has 0 aromatic heterocycles. The molecule has 0 radical (unpaired) electrons. The highest BCUT2D eigenvalue weighted by atomic mass is 32.2. The zero-order chi connectivity index (χ0) is 23.2. The van der Waals surface area contributed by atoms with Gasteiger partial charge in [0.1, 0.15) is 0 Å². The largest absolute Gasteiger partial charge is 0.319 e. The summed E-state index contributed by atoms with van der Waals surface area (Å²) in [6.07, 6.45) is 0.340. The maximum atomic E-state index is 13.2. The van der Waals surface area contributed by atoms with Crippen LogP contribution in [-0.4, -0.2) is 13.4 Å². The number of hydrogen-bond acceptors (Lipinski definition) is 4. The lowest BCUT2D eigenvalue weighted by atomic mass is 10.0. The second-order valence-corrected chi connectivity index (χ2v) is 15.3. The van der Waals surface area contributed by atoms with Crippen molar-refractivity contribution in [3.63, 3.8) is 0 Å². The number of thioether (sulfide) groups is 1. The Morgan fingerprint density at radius 2 is 1.38 bits per heavy atom. The summed E-state index contributed by atoms with van der Waals surface area (Å²) in [4.78, 5) is 14.1. The van der Waals surface area contributed by atoms with Crippen molar-refractivity contribution < 1.29 is 9.32 Å². The van der Waals surface area contributed by atoms with E-state index in [0.29, 0.717) is 6.42 Å². The number of nitrogens with zero attached hydrogens (tertiary/aromatic N) is 1. The van der Waals surface area contributed by atoms with Crippen molar-refractivity contribution in [2.75, 3.05) is 5.06 Å². The van der Waals surface area contributed by atoms with Gasteiger partial charge >= 0.3 is 0 Å². The molecule has 0 fully saturated rings. The van der Waals surface area contributed by atoms with Crippen LogP contribution >= 0.6 is 11.8 Å². The molecule has 5 heteroatoms. The SMILES string of the molecule is CC(C)(C)[Si](C)(C)ON(c1ccccc1)C(CC(=O)Sc1ccccc1)c1ccccc1. The number of para-hydroxylation sites is 1. The van der Waals surface area contributed by atoms with Gasteiger partial charge in [0, 0.05) is 11.3 Å². The highest BCUT2D eigenvalue weighted by Crippen LogP contribution is 2.41. The van der Waals surface area contributed by atoms with Gasteiger partial charge in [-0.25, -0.2) is 0 Å². The Balaban J connectivity index is 1.98. The van der Waals surface area contributed by atoms with Gasteiger partial charge in [0.2, 0.25) is 8.32 Å². The molecule has 0 bridgehead atoms. The van der Waals surface area contributed by atoms with Gasteiger partial charge in [-0.3, -0.25) is 9.86 Å². The van der Waals surface area contributed by atoms with Gasteiger partial charge in [0.15, 0.2) is 5.12 Å². The third kappa shape index (κ3) is 6.34. The van der Waals surface area contributed by atoms with E-state index in [-0.39, 0.29) is 16.2 Å². The fourth-order valence-electron chi connectivity index (χ4n) is 3.08. The number of benzene rings is 3. The third-order valence-electron chi connectivity index (χ3n) is 5.95. The van der Waals surface area contributed by atoms with Gasteiger partial charge in [0.05, 0.1) is 11.7 Å². The van der Waals surface area contributed by atoms with Crippen molar-refractivity contribution >= 4 is 30.9 Å². The fraction of sp³-hybridized carbons (Fsp3) is 0.296. The molecule has 168 valence electrons. The smallest absolute Gasteiger partial charge is 0.228 e. The molecule has 0 saturated heterocycles. The molecule has 1 unspecified atom stereocenters. The highest BCUT2D eigenvalue weighted by molar-refractivity contribution is 8.13. The molecule has 0 heterocycles. The Hall–Kier alpha value is -2.34. The van der Waals surface area contributed by atoms with E-state index >= 15 is 0 Å². The monoisotopic (exact) mass is 463 g/mol. The van der Waals surface area contributed by atoms with Crippen LogP contribution in [0.2, 0.25) is 18.1 Å². The van der Waals surface area contributed by atoms with Crippen LogP contribution in [0.3, 0.4) is 0 Å². The molecule has 3 nitrogen and oxygen atoms in total. The first-order valence-electron chi connectivity index (χ1n) is 11.0. The van der Waals surface area contributed by atoms with E-state index in [1.807, 2.05) is 71.8 Å². The standard InChI is InChI=1S/C27H33NO2SSi/c1-27(2,3)32(4,5)30-28(23-17-11-7-12-18-23)25(22-15-9-6-10-16-22)21-26(29)31-24-19-13-8-14-20-24/h6-20,25H,21H2,1-5H3. The topological polar surface area (TPSA) is 29.5 Å². The van der Waals surface area contributed by atoms with E-state index < -0.39 is 8.32 Å². The molecule has 0 aliphatic heterocycles. The quantitative estimate of drug-likeness (QED) is 0.193. The van der Waals surface area contributed by atoms with E-state index in [0.717, 1.165) is 16.1 Å². The second kappa shape index (κ2) is 10.5. The predicted octanol–water partition coefficient (Wildman–Crippen LogP) is 7.88. The van der Waals surface area contributed by atoms with E-state index in [2.05, 4.69) is 58.1 Å². The van der Waals surface area contributed by atoms with Crippen LogP contribution in [0.25, 0.3) is 0 Å². The molecule has 0 N–H and O–H groups in total. The van der Waals surface area contributed by atoms with E-state index in [1.165, 1.54) is 11.8 Å². The minimum atomic E-state index is -2.16. The molecule has 0 aliphatic rings. The average molecular weight is 464 g/mol. The Morgan fingerprint density at radius 1 is 0.875 bits per heavy atom. The van der Waals surface area contributed by atoms with Crippen LogP contribution in [0, 0.1) is 0 Å². The van der Waals surface area contributed by atoms with Crippen LogP contribution in [0.1, 0.15) is 38.8 Å². The first-order chi connectivity index (χ1) is 15.2. The molecular weight excluding hydrogens is 430 g/mol. The van der Waals surface area contributed by atoms with Gasteiger partial charge < -0.3 is 4.53 Å². The second-order valence-electron chi connectivity index (χ2n) is 9.43. The first-order valence-corrected chi connectivity index (χ1v) is 14.7. The molecule has 0 amide bonds. The van der Waals surface area contributed by atoms with Gasteiger partial charge in [0.25, 0.3) is 0 Å². The minimum absolute atomic E-state index is 0.0318. The molecule has 0 aliphatic carbocycles. The lowest BCUT2D eigenvalue weighted by Gasteiger charge is -2.43. The summed E-state index contributed by atoms with van der Waals surface area (Å²) in [6, 6.07) is 29.9. The summed E-state index contributed by atoms with van der Waals surface area (Å²) in [7, 11) is -2.16. The van der Waals surface area contributed by atoms with Crippen LogP contribution in [0.5, 0.6) is 0 Å². The van der Waals surface area contributed by atoms with Crippen LogP contribution < -0.4 is 5.06 Å². The summed E-state index contributed by atoms with van der Waals surface area (Å²) in [5.74, 6) is 0. The predicted molar refractivity (Wildman–Crippen MR) is 138 cm³/mol. The summed E-state index contributed by atoms with van der Waals surface area (Å²) in [5.41, 5.74) is 2.03. The zero-order valence-electron chi connectivity index (χ0n) is 19.6. The molecule has 0 saturated carbocycles. The van der Waals surface area contributed by atoms with Crippen LogP contribution in [0.15, 0.2) is 95.9 Å². The summed E-state index contributed by atoms with van der Waals surface area (Å²) in [5, 5.41) is 2.14. The molecule has 3 rings (SSSR count). The highest BCUT2D eigenvalue weighted by Gasteiger charge is 2.41. The van der Waals surface area contributed by atoms with E-state index in [9.17, 15) is 4.79 Å². The van der Waals surface area contributed by atoms with E-state index in [4.69, 9.17) is 4.53 Å². The maximum Gasteiger partial charge on any atom is 0.228 e. The minimum Gasteiger partial charge on any atom is -0.319 e. The Labute approximate surface area is 197 Å². The Bertz CT molecular complexity index is 988. The van der Waals surface area contributed by atoms with Crippen molar-refractivity contribution in [2.24, 2.45) is 0 Å². The molecule has 0 spiro atoms. The third-order valence-corrected chi connectivity index (χ3v) is 11.1. The van der Waals surface area contributed by atoms with Gasteiger partial charge in [-0.05, 0) is 48.0 Å². The maximum absolute atomic E-state index is 13.2. The first kappa shape index (κ1) is 24.3. The number of hydrogen-bond donors (Lipinski definition) is 0. The van der Waals surface area contributed by atoms with E-state index in [1.54, 1.807) is 0 Å². The number of carbonyl (C=O) groups excluding carboxylic acids is 1. The van der Waals surface area contributed by atoms with Crippen molar-refractivity contribution in [2.45, 2.75) is 56.3 Å². The van der Waals surface area contributed by atoms with Crippen molar-refractivity contribution in [3.8, 4) is 0 Å². The normalized spacial score (nSPS) is 12.9. The summed E-state index contributed by atoms with van der Waals surface area (Å²) in [6.45, 7) is 11.2. The number of rotatable bonds is 8. The molecular formula is C27H33NO2SSi. The van der Waals surface area contributed by atoms with Gasteiger partial charge in [-0.15, -0.1) is 0 Å². The lowest BCUT2D eigenvalue weighted by Crippen LogP contribution is -2.48. The molecule has 3 aromatic carbocycles. The Kier molecular flexibility index (Phi) is 7.99. The summed E-state index contributed by atoms with van der Waals surface area (Å²) < 4.78 is 6.87. The average Bonchev–Trinajstić information content (AvgIpc) is 2.77. The van der Waals surface area contributed by atoms with Gasteiger partial charge in [-0.1, -0.05) is 99.3 Å². The van der Waals surface area contributed by atoms with Crippen LogP contribution in [-0.2, 0) is 9.32 Å². The lowest BCUT2D eigenvalue weighted by molar-refractivity contribution is -0.111. The van der Waals surface area contributed by atoms with Crippen molar-refractivity contribution in [1.82, 2.24) is 0 Å². The number of anilines is 1. The van der Waals surface area contributed by atoms with Crippen molar-refractivity contribution in [1.29, 1.82) is 0 Å². The number of hydroxylamine groups is 1. The molecule has 3 aromatic rings.